The van der Waals surface area contributed by atoms with Gasteiger partial charge in [0.15, 0.2) is 0 Å². The zero-order chi connectivity index (χ0) is 28.8. The zero-order valence-corrected chi connectivity index (χ0v) is 24.8. The molecule has 0 aromatic heterocycles. The molecule has 8 heteroatoms. The van der Waals surface area contributed by atoms with Crippen LogP contribution in [0.15, 0.2) is 36.4 Å². The molecule has 2 aromatic carbocycles. The molecule has 2 aliphatic heterocycles. The number of nitrogens with zero attached hydrogens (tertiary/aromatic N) is 3. The second kappa shape index (κ2) is 11.4. The Kier molecular flexibility index (Phi) is 8.29. The number of carbonyl (C=O) groups is 2. The molecule has 0 spiro atoms. The fourth-order valence-electron chi connectivity index (χ4n) is 6.88. The number of likely N-dealkylation sites (tertiary alicyclic amines) is 1. The van der Waals surface area contributed by atoms with Crippen LogP contribution in [-0.4, -0.2) is 82.0 Å². The molecular weight excluding hydrogens is 529 g/mol. The number of aryl methyl sites for hydroxylation is 2. The van der Waals surface area contributed by atoms with Gasteiger partial charge in [0.25, 0.3) is 0 Å². The van der Waals surface area contributed by atoms with Crippen molar-refractivity contribution in [2.24, 2.45) is 5.92 Å². The summed E-state index contributed by atoms with van der Waals surface area (Å²) < 4.78 is 15.1. The summed E-state index contributed by atoms with van der Waals surface area (Å²) >= 11 is 6.03. The molecule has 1 unspecified atom stereocenters. The van der Waals surface area contributed by atoms with Crippen LogP contribution in [0.3, 0.4) is 0 Å². The highest BCUT2D eigenvalue weighted by Crippen LogP contribution is 2.39. The van der Waals surface area contributed by atoms with Crippen LogP contribution in [0.4, 0.5) is 4.39 Å². The Morgan fingerprint density at radius 1 is 1.05 bits per heavy atom. The highest BCUT2D eigenvalue weighted by molar-refractivity contribution is 6.30. The number of piperazine rings is 1. The maximum absolute atomic E-state index is 15.1. The van der Waals surface area contributed by atoms with E-state index in [1.165, 1.54) is 17.2 Å². The molecule has 0 saturated carbocycles. The van der Waals surface area contributed by atoms with Gasteiger partial charge in [-0.05, 0) is 87.8 Å². The Morgan fingerprint density at radius 3 is 2.48 bits per heavy atom. The first-order chi connectivity index (χ1) is 18.9. The minimum atomic E-state index is -0.831. The first kappa shape index (κ1) is 29.0. The van der Waals surface area contributed by atoms with Crippen LogP contribution in [0.5, 0.6) is 0 Å². The number of carbonyl (C=O) groups excluding carboxylic acids is 1. The molecule has 6 nitrogen and oxygen atoms in total. The molecule has 1 amide bonds. The average molecular weight is 570 g/mol. The van der Waals surface area contributed by atoms with E-state index in [1.807, 2.05) is 16.7 Å². The highest BCUT2D eigenvalue weighted by atomic mass is 35.5. The molecule has 2 saturated heterocycles. The normalized spacial score (nSPS) is 24.8. The molecule has 5 rings (SSSR count). The third kappa shape index (κ3) is 5.93. The maximum Gasteiger partial charge on any atom is 0.321 e. The summed E-state index contributed by atoms with van der Waals surface area (Å²) in [6.07, 6.45) is 3.78. The fraction of sp³-hybridized carbons (Fsp3) is 0.562. The van der Waals surface area contributed by atoms with E-state index in [0.29, 0.717) is 49.7 Å². The number of fused-ring (bicyclic) bond motifs is 1. The van der Waals surface area contributed by atoms with Gasteiger partial charge in [-0.2, -0.15) is 0 Å². The lowest BCUT2D eigenvalue weighted by Crippen LogP contribution is -2.59. The Balaban J connectivity index is 1.31. The van der Waals surface area contributed by atoms with E-state index >= 15 is 4.39 Å². The topological polar surface area (TPSA) is 64.1 Å². The minimum absolute atomic E-state index is 0.0174. The van der Waals surface area contributed by atoms with Crippen molar-refractivity contribution in [1.82, 2.24) is 14.7 Å². The highest BCUT2D eigenvalue weighted by Gasteiger charge is 2.46. The van der Waals surface area contributed by atoms with Crippen LogP contribution >= 0.6 is 11.6 Å². The molecule has 2 fully saturated rings. The standard InChI is InChI=1S/C32H41ClFN3O3/c1-20-17-35(29(31(39)40)15-21-8-9-22-6-5-7-23(22)14-21)12-13-37(20)30(38)27-19-36(32(2,3)4)18-26(27)25-11-10-24(33)16-28(25)34/h8-11,14,16,20,26-27,29H,5-7,12-13,15,17-19H2,1-4H3,(H,39,40)/t20-,26?,27+,29-/m0/s1. The van der Waals surface area contributed by atoms with Gasteiger partial charge < -0.3 is 10.0 Å². The van der Waals surface area contributed by atoms with E-state index in [1.54, 1.807) is 12.1 Å². The number of rotatable bonds is 6. The first-order valence-corrected chi connectivity index (χ1v) is 14.9. The molecule has 2 aromatic rings. The summed E-state index contributed by atoms with van der Waals surface area (Å²) in [5.41, 5.74) is 4.15. The Hall–Kier alpha value is -2.48. The molecule has 1 N–H and O–H groups in total. The smallest absolute Gasteiger partial charge is 0.321 e. The van der Waals surface area contributed by atoms with Gasteiger partial charge in [-0.25, -0.2) is 4.39 Å². The zero-order valence-electron chi connectivity index (χ0n) is 24.0. The summed E-state index contributed by atoms with van der Waals surface area (Å²) in [6, 6.07) is 10.3. The van der Waals surface area contributed by atoms with Crippen LogP contribution in [0, 0.1) is 11.7 Å². The molecule has 40 heavy (non-hydrogen) atoms. The molecule has 0 radical (unpaired) electrons. The van der Waals surface area contributed by atoms with Gasteiger partial charge in [-0.15, -0.1) is 0 Å². The summed E-state index contributed by atoms with van der Waals surface area (Å²) in [4.78, 5) is 32.6. The number of benzene rings is 2. The van der Waals surface area contributed by atoms with Crippen molar-refractivity contribution in [3.05, 3.63) is 69.5 Å². The second-order valence-electron chi connectivity index (χ2n) is 12.8. The van der Waals surface area contributed by atoms with Gasteiger partial charge in [0.2, 0.25) is 5.91 Å². The Bertz CT molecular complexity index is 1280. The van der Waals surface area contributed by atoms with Crippen molar-refractivity contribution >= 4 is 23.5 Å². The predicted octanol–water partition coefficient (Wildman–Crippen LogP) is 5.01. The van der Waals surface area contributed by atoms with E-state index in [4.69, 9.17) is 11.6 Å². The quantitative estimate of drug-likeness (QED) is 0.530. The fourth-order valence-corrected chi connectivity index (χ4v) is 7.04. The monoisotopic (exact) mass is 569 g/mol. The average Bonchev–Trinajstić information content (AvgIpc) is 3.54. The van der Waals surface area contributed by atoms with Crippen LogP contribution < -0.4 is 0 Å². The number of hydrogen-bond acceptors (Lipinski definition) is 4. The first-order valence-electron chi connectivity index (χ1n) is 14.5. The SMILES string of the molecule is C[C@H]1CN([C@@H](Cc2ccc3c(c2)CCC3)C(=O)O)CCN1C(=O)[C@@H]1CN(C(C)(C)C)CC1c1ccc(Cl)cc1F. The summed E-state index contributed by atoms with van der Waals surface area (Å²) in [7, 11) is 0. The summed E-state index contributed by atoms with van der Waals surface area (Å²) in [5, 5.41) is 10.5. The lowest BCUT2D eigenvalue weighted by atomic mass is 9.87. The third-order valence-corrected chi connectivity index (χ3v) is 9.44. The van der Waals surface area contributed by atoms with E-state index in [0.717, 1.165) is 24.8 Å². The summed E-state index contributed by atoms with van der Waals surface area (Å²) in [6.45, 7) is 10.9. The number of hydrogen-bond donors (Lipinski definition) is 1. The molecule has 1 aliphatic carbocycles. The molecule has 216 valence electrons. The lowest BCUT2D eigenvalue weighted by Gasteiger charge is -2.43. The van der Waals surface area contributed by atoms with E-state index in [9.17, 15) is 14.7 Å². The van der Waals surface area contributed by atoms with Crippen molar-refractivity contribution in [2.45, 2.75) is 76.9 Å². The minimum Gasteiger partial charge on any atom is -0.480 e. The van der Waals surface area contributed by atoms with Crippen LogP contribution in [0.2, 0.25) is 5.02 Å². The predicted molar refractivity (Wildman–Crippen MR) is 155 cm³/mol. The molecular formula is C32H41ClFN3O3. The van der Waals surface area contributed by atoms with Gasteiger partial charge in [0, 0.05) is 55.2 Å². The van der Waals surface area contributed by atoms with Crippen molar-refractivity contribution in [3.63, 3.8) is 0 Å². The van der Waals surface area contributed by atoms with Crippen LogP contribution in [0.25, 0.3) is 0 Å². The Labute approximate surface area is 242 Å². The lowest BCUT2D eigenvalue weighted by molar-refractivity contribution is -0.147. The number of carboxylic acid groups (broad SMARTS) is 1. The van der Waals surface area contributed by atoms with Crippen molar-refractivity contribution < 1.29 is 19.1 Å². The van der Waals surface area contributed by atoms with E-state index < -0.39 is 12.0 Å². The van der Waals surface area contributed by atoms with Gasteiger partial charge in [0.1, 0.15) is 11.9 Å². The maximum atomic E-state index is 15.1. The van der Waals surface area contributed by atoms with Gasteiger partial charge >= 0.3 is 5.97 Å². The number of amides is 1. The number of halogens is 2. The van der Waals surface area contributed by atoms with Crippen LogP contribution in [0.1, 0.15) is 62.3 Å². The van der Waals surface area contributed by atoms with Crippen molar-refractivity contribution in [2.75, 3.05) is 32.7 Å². The van der Waals surface area contributed by atoms with Crippen molar-refractivity contribution in [3.8, 4) is 0 Å². The number of carboxylic acids is 1. The van der Waals surface area contributed by atoms with Gasteiger partial charge in [-0.1, -0.05) is 35.9 Å². The second-order valence-corrected chi connectivity index (χ2v) is 13.3. The van der Waals surface area contributed by atoms with E-state index in [2.05, 4.69) is 43.9 Å². The summed E-state index contributed by atoms with van der Waals surface area (Å²) in [5.74, 6) is -1.85. The van der Waals surface area contributed by atoms with Gasteiger partial charge in [0.05, 0.1) is 5.92 Å². The molecule has 2 heterocycles. The third-order valence-electron chi connectivity index (χ3n) is 9.21. The molecule has 4 atom stereocenters. The van der Waals surface area contributed by atoms with Gasteiger partial charge in [-0.3, -0.25) is 19.4 Å². The molecule has 3 aliphatic rings. The van der Waals surface area contributed by atoms with Crippen LogP contribution in [-0.2, 0) is 28.9 Å². The van der Waals surface area contributed by atoms with E-state index in [-0.39, 0.29) is 35.1 Å². The largest absolute Gasteiger partial charge is 0.480 e. The molecule has 0 bridgehead atoms. The number of aliphatic carboxylic acids is 1. The Morgan fingerprint density at radius 2 is 1.80 bits per heavy atom. The van der Waals surface area contributed by atoms with Crippen molar-refractivity contribution in [1.29, 1.82) is 0 Å².